The first-order chi connectivity index (χ1) is 6.19. The maximum Gasteiger partial charge on any atom is 0.321 e. The van der Waals surface area contributed by atoms with Crippen molar-refractivity contribution in [2.75, 3.05) is 13.6 Å². The summed E-state index contributed by atoms with van der Waals surface area (Å²) in [6, 6.07) is -0.0608. The molecule has 0 aromatic heterocycles. The van der Waals surface area contributed by atoms with Gasteiger partial charge in [-0.05, 0) is 12.5 Å². The molecule has 1 aliphatic heterocycles. The third-order valence-electron chi connectivity index (χ3n) is 1.95. The average molecular weight is 178 g/mol. The van der Waals surface area contributed by atoms with E-state index in [0.717, 1.165) is 11.3 Å². The predicted octanol–water partition coefficient (Wildman–Crippen LogP) is 1.66. The summed E-state index contributed by atoms with van der Waals surface area (Å²) in [6.07, 6.45) is 5.52. The van der Waals surface area contributed by atoms with Crippen molar-refractivity contribution in [2.45, 2.75) is 6.92 Å². The molecule has 13 heavy (non-hydrogen) atoms. The van der Waals surface area contributed by atoms with Crippen LogP contribution in [0.25, 0.3) is 0 Å². The second kappa shape index (κ2) is 3.94. The van der Waals surface area contributed by atoms with Crippen LogP contribution >= 0.6 is 0 Å². The highest BCUT2D eigenvalue weighted by molar-refractivity contribution is 5.79. The minimum Gasteiger partial charge on any atom is -0.323 e. The molecule has 1 rings (SSSR count). The van der Waals surface area contributed by atoms with Crippen molar-refractivity contribution >= 4 is 6.03 Å². The fourth-order valence-electron chi connectivity index (χ4n) is 1.25. The van der Waals surface area contributed by atoms with Crippen LogP contribution in [-0.4, -0.2) is 24.5 Å². The van der Waals surface area contributed by atoms with E-state index < -0.39 is 0 Å². The van der Waals surface area contributed by atoms with Crippen LogP contribution in [0.4, 0.5) is 4.79 Å². The maximum atomic E-state index is 11.2. The van der Waals surface area contributed by atoms with Crippen LogP contribution < -0.4 is 5.32 Å². The zero-order valence-corrected chi connectivity index (χ0v) is 8.00. The summed E-state index contributed by atoms with van der Waals surface area (Å²) >= 11 is 0. The van der Waals surface area contributed by atoms with Gasteiger partial charge in [0, 0.05) is 19.3 Å². The Balaban J connectivity index is 2.91. The lowest BCUT2D eigenvalue weighted by atomic mass is 10.1. The third kappa shape index (κ3) is 1.99. The molecule has 0 aromatic carbocycles. The van der Waals surface area contributed by atoms with Crippen LogP contribution in [0.1, 0.15) is 6.92 Å². The van der Waals surface area contributed by atoms with E-state index in [2.05, 4.69) is 11.9 Å². The van der Waals surface area contributed by atoms with Crippen LogP contribution in [-0.2, 0) is 0 Å². The monoisotopic (exact) mass is 178 g/mol. The van der Waals surface area contributed by atoms with Crippen LogP contribution in [0.3, 0.4) is 0 Å². The summed E-state index contributed by atoms with van der Waals surface area (Å²) in [6.45, 7) is 6.17. The van der Waals surface area contributed by atoms with Gasteiger partial charge in [-0.15, -0.1) is 0 Å². The smallest absolute Gasteiger partial charge is 0.321 e. The first-order valence-electron chi connectivity index (χ1n) is 4.19. The number of likely N-dealkylation sites (N-methyl/N-ethyl adjacent to an activating group) is 1. The van der Waals surface area contributed by atoms with Crippen LogP contribution in [0, 0.1) is 0 Å². The number of rotatable bonds is 1. The van der Waals surface area contributed by atoms with Crippen LogP contribution in [0.5, 0.6) is 0 Å². The summed E-state index contributed by atoms with van der Waals surface area (Å²) in [5.41, 5.74) is 1.96. The van der Waals surface area contributed by atoms with Gasteiger partial charge in [0.15, 0.2) is 0 Å². The zero-order chi connectivity index (χ0) is 9.84. The largest absolute Gasteiger partial charge is 0.323 e. The van der Waals surface area contributed by atoms with E-state index in [0.29, 0.717) is 6.54 Å². The van der Waals surface area contributed by atoms with Gasteiger partial charge in [0.1, 0.15) is 0 Å². The number of carbonyl (C=O) groups is 1. The number of urea groups is 1. The van der Waals surface area contributed by atoms with Crippen molar-refractivity contribution in [3.05, 3.63) is 36.1 Å². The highest BCUT2D eigenvalue weighted by atomic mass is 16.2. The Morgan fingerprint density at radius 3 is 2.85 bits per heavy atom. The average Bonchev–Trinajstić information content (AvgIpc) is 2.11. The fourth-order valence-corrected chi connectivity index (χ4v) is 1.25. The van der Waals surface area contributed by atoms with Gasteiger partial charge in [-0.25, -0.2) is 4.79 Å². The van der Waals surface area contributed by atoms with Gasteiger partial charge in [0.25, 0.3) is 0 Å². The Kier molecular flexibility index (Phi) is 2.90. The molecule has 1 N–H and O–H groups in total. The lowest BCUT2D eigenvalue weighted by Crippen LogP contribution is -2.44. The molecule has 0 unspecified atom stereocenters. The molecule has 0 aliphatic carbocycles. The summed E-state index contributed by atoms with van der Waals surface area (Å²) in [7, 11) is 1.76. The van der Waals surface area contributed by atoms with Gasteiger partial charge in [-0.2, -0.15) is 0 Å². The molecular weight excluding hydrogens is 164 g/mol. The lowest BCUT2D eigenvalue weighted by Gasteiger charge is -2.27. The second-order valence-corrected chi connectivity index (χ2v) is 2.92. The Morgan fingerprint density at radius 2 is 2.31 bits per heavy atom. The number of hydrogen-bond acceptors (Lipinski definition) is 1. The molecule has 0 radical (unpaired) electrons. The molecule has 0 aromatic rings. The van der Waals surface area contributed by atoms with Gasteiger partial charge in [0.2, 0.25) is 0 Å². The number of amides is 2. The minimum atomic E-state index is -0.0608. The van der Waals surface area contributed by atoms with Gasteiger partial charge in [-0.1, -0.05) is 24.8 Å². The van der Waals surface area contributed by atoms with E-state index in [9.17, 15) is 4.79 Å². The minimum absolute atomic E-state index is 0.0608. The van der Waals surface area contributed by atoms with Crippen LogP contribution in [0.2, 0.25) is 0 Å². The molecule has 1 heterocycles. The fraction of sp³-hybridized carbons (Fsp3) is 0.300. The number of nitrogens with one attached hydrogen (secondary N) is 1. The molecule has 2 amide bonds. The topological polar surface area (TPSA) is 32.3 Å². The molecule has 0 saturated carbocycles. The summed E-state index contributed by atoms with van der Waals surface area (Å²) in [5.74, 6) is 0. The SMILES string of the molecule is C=C/C=C1/CN(C)C(=O)N/C1=C/C. The molecule has 1 saturated heterocycles. The Hall–Kier alpha value is -1.51. The van der Waals surface area contributed by atoms with Crippen molar-refractivity contribution in [3.8, 4) is 0 Å². The number of hydrogen-bond donors (Lipinski definition) is 1. The van der Waals surface area contributed by atoms with E-state index in [1.807, 2.05) is 19.1 Å². The van der Waals surface area contributed by atoms with Gasteiger partial charge in [-0.3, -0.25) is 0 Å². The molecule has 1 aliphatic rings. The Bertz CT molecular complexity index is 289. The molecule has 1 fully saturated rings. The number of allylic oxidation sites excluding steroid dienone is 3. The molecule has 3 heteroatoms. The van der Waals surface area contributed by atoms with E-state index in [1.165, 1.54) is 0 Å². The molecule has 0 atom stereocenters. The maximum absolute atomic E-state index is 11.2. The van der Waals surface area contributed by atoms with Gasteiger partial charge < -0.3 is 10.2 Å². The highest BCUT2D eigenvalue weighted by Crippen LogP contribution is 2.14. The van der Waals surface area contributed by atoms with Crippen LogP contribution in [0.15, 0.2) is 36.1 Å². The van der Waals surface area contributed by atoms with Gasteiger partial charge in [0.05, 0.1) is 0 Å². The summed E-state index contributed by atoms with van der Waals surface area (Å²) in [5, 5.41) is 2.78. The van der Waals surface area contributed by atoms with Gasteiger partial charge >= 0.3 is 6.03 Å². The molecule has 0 spiro atoms. The normalized spacial score (nSPS) is 23.5. The van der Waals surface area contributed by atoms with E-state index in [4.69, 9.17) is 0 Å². The molecule has 3 nitrogen and oxygen atoms in total. The molecular formula is C10H14N2O. The molecule has 0 bridgehead atoms. The number of nitrogens with zero attached hydrogens (tertiary/aromatic N) is 1. The predicted molar refractivity (Wildman–Crippen MR) is 53.2 cm³/mol. The van der Waals surface area contributed by atoms with Crippen molar-refractivity contribution < 1.29 is 4.79 Å². The van der Waals surface area contributed by atoms with Crippen molar-refractivity contribution in [1.82, 2.24) is 10.2 Å². The van der Waals surface area contributed by atoms with E-state index in [1.54, 1.807) is 18.0 Å². The third-order valence-corrected chi connectivity index (χ3v) is 1.95. The first-order valence-corrected chi connectivity index (χ1v) is 4.19. The quantitative estimate of drug-likeness (QED) is 0.650. The number of carbonyl (C=O) groups excluding carboxylic acids is 1. The lowest BCUT2D eigenvalue weighted by molar-refractivity contribution is 0.211. The Morgan fingerprint density at radius 1 is 1.62 bits per heavy atom. The van der Waals surface area contributed by atoms with E-state index in [-0.39, 0.29) is 6.03 Å². The Labute approximate surface area is 78.4 Å². The van der Waals surface area contributed by atoms with Crippen molar-refractivity contribution in [1.29, 1.82) is 0 Å². The second-order valence-electron chi connectivity index (χ2n) is 2.92. The zero-order valence-electron chi connectivity index (χ0n) is 8.00. The molecule has 70 valence electrons. The standard InChI is InChI=1S/C10H14N2O/c1-4-6-8-7-12(3)10(13)11-9(8)5-2/h4-6H,1,7H2,2-3H3,(H,11,13)/b8-6-,9-5+. The highest BCUT2D eigenvalue weighted by Gasteiger charge is 2.19. The summed E-state index contributed by atoms with van der Waals surface area (Å²) in [4.78, 5) is 12.9. The van der Waals surface area contributed by atoms with Crippen molar-refractivity contribution in [3.63, 3.8) is 0 Å². The van der Waals surface area contributed by atoms with E-state index >= 15 is 0 Å². The summed E-state index contributed by atoms with van der Waals surface area (Å²) < 4.78 is 0. The first kappa shape index (κ1) is 9.58. The van der Waals surface area contributed by atoms with Crippen molar-refractivity contribution in [2.24, 2.45) is 0 Å².